The molecule has 120 valence electrons. The monoisotopic (exact) mass is 315 g/mol. The van der Waals surface area contributed by atoms with Gasteiger partial charge in [-0.3, -0.25) is 9.59 Å². The molecular formula is C16H17N3O4. The van der Waals surface area contributed by atoms with Crippen molar-refractivity contribution in [1.82, 2.24) is 15.0 Å². The maximum Gasteiger partial charge on any atom is 0.259 e. The van der Waals surface area contributed by atoms with E-state index in [1.54, 1.807) is 29.0 Å². The van der Waals surface area contributed by atoms with Crippen LogP contribution in [0.3, 0.4) is 0 Å². The maximum atomic E-state index is 12.7. The molecule has 0 radical (unpaired) electrons. The number of methoxy groups -OCH3 is 1. The molecule has 2 aromatic rings. The number of nitrogens with zero attached hydrogens (tertiary/aromatic N) is 3. The SMILES string of the molecule is COc1ccc(-c2oncc2C(=O)N2CCN(C=O)CC2)cc1. The molecule has 3 rings (SSSR count). The van der Waals surface area contributed by atoms with Gasteiger partial charge in [0.05, 0.1) is 13.3 Å². The van der Waals surface area contributed by atoms with Crippen molar-refractivity contribution in [1.29, 1.82) is 0 Å². The summed E-state index contributed by atoms with van der Waals surface area (Å²) >= 11 is 0. The molecule has 1 aliphatic heterocycles. The maximum absolute atomic E-state index is 12.7. The van der Waals surface area contributed by atoms with Crippen LogP contribution in [0.2, 0.25) is 0 Å². The van der Waals surface area contributed by atoms with E-state index >= 15 is 0 Å². The van der Waals surface area contributed by atoms with Gasteiger partial charge in [0.2, 0.25) is 6.41 Å². The highest BCUT2D eigenvalue weighted by atomic mass is 16.5. The van der Waals surface area contributed by atoms with Crippen LogP contribution in [0.5, 0.6) is 5.75 Å². The van der Waals surface area contributed by atoms with Crippen LogP contribution in [0.1, 0.15) is 10.4 Å². The summed E-state index contributed by atoms with van der Waals surface area (Å²) in [5.41, 5.74) is 1.19. The van der Waals surface area contributed by atoms with Crippen molar-refractivity contribution in [2.45, 2.75) is 0 Å². The molecule has 1 aromatic heterocycles. The number of carbonyl (C=O) groups is 2. The minimum absolute atomic E-state index is 0.136. The Labute approximate surface area is 133 Å². The molecule has 1 aromatic carbocycles. The van der Waals surface area contributed by atoms with Crippen LogP contribution in [-0.4, -0.2) is 60.6 Å². The normalized spacial score (nSPS) is 14.7. The molecule has 0 N–H and O–H groups in total. The van der Waals surface area contributed by atoms with Crippen LogP contribution in [0.15, 0.2) is 35.0 Å². The third-order valence-corrected chi connectivity index (χ3v) is 3.90. The first kappa shape index (κ1) is 15.1. The average molecular weight is 315 g/mol. The van der Waals surface area contributed by atoms with Crippen LogP contribution in [0.25, 0.3) is 11.3 Å². The Kier molecular flexibility index (Phi) is 4.27. The van der Waals surface area contributed by atoms with E-state index in [2.05, 4.69) is 5.16 Å². The Bertz CT molecular complexity index is 688. The predicted octanol–water partition coefficient (Wildman–Crippen LogP) is 1.26. The molecule has 0 bridgehead atoms. The van der Waals surface area contributed by atoms with Gasteiger partial charge in [0.15, 0.2) is 5.76 Å². The third-order valence-electron chi connectivity index (χ3n) is 3.90. The topological polar surface area (TPSA) is 75.9 Å². The number of rotatable bonds is 4. The number of ether oxygens (including phenoxy) is 1. The lowest BCUT2D eigenvalue weighted by atomic mass is 10.1. The highest BCUT2D eigenvalue weighted by Crippen LogP contribution is 2.26. The van der Waals surface area contributed by atoms with E-state index in [1.807, 2.05) is 12.1 Å². The first-order chi connectivity index (χ1) is 11.2. The Hall–Kier alpha value is -2.83. The van der Waals surface area contributed by atoms with Gasteiger partial charge in [-0.05, 0) is 24.3 Å². The van der Waals surface area contributed by atoms with E-state index in [1.165, 1.54) is 6.20 Å². The van der Waals surface area contributed by atoms with Gasteiger partial charge in [0.1, 0.15) is 11.3 Å². The standard InChI is InChI=1S/C16H17N3O4/c1-22-13-4-2-12(3-5-13)15-14(10-17-23-15)16(21)19-8-6-18(11-20)7-9-19/h2-5,10-11H,6-9H2,1H3. The Morgan fingerprint density at radius 3 is 2.52 bits per heavy atom. The van der Waals surface area contributed by atoms with E-state index in [0.717, 1.165) is 17.7 Å². The van der Waals surface area contributed by atoms with Crippen molar-refractivity contribution in [3.05, 3.63) is 36.0 Å². The number of benzene rings is 1. The predicted molar refractivity (Wildman–Crippen MR) is 82.0 cm³/mol. The summed E-state index contributed by atoms with van der Waals surface area (Å²) in [5.74, 6) is 1.03. The lowest BCUT2D eigenvalue weighted by molar-refractivity contribution is -0.119. The zero-order valence-corrected chi connectivity index (χ0v) is 12.8. The van der Waals surface area contributed by atoms with Crippen LogP contribution in [0, 0.1) is 0 Å². The molecule has 23 heavy (non-hydrogen) atoms. The Balaban J connectivity index is 1.80. The van der Waals surface area contributed by atoms with Crippen molar-refractivity contribution < 1.29 is 18.8 Å². The summed E-state index contributed by atoms with van der Waals surface area (Å²) < 4.78 is 10.4. The summed E-state index contributed by atoms with van der Waals surface area (Å²) in [6.45, 7) is 2.09. The van der Waals surface area contributed by atoms with Gasteiger partial charge in [0, 0.05) is 31.7 Å². The zero-order chi connectivity index (χ0) is 16.2. The highest BCUT2D eigenvalue weighted by Gasteiger charge is 2.26. The van der Waals surface area contributed by atoms with E-state index < -0.39 is 0 Å². The molecule has 0 unspecified atom stereocenters. The Morgan fingerprint density at radius 1 is 1.22 bits per heavy atom. The minimum Gasteiger partial charge on any atom is -0.497 e. The number of amides is 2. The average Bonchev–Trinajstić information content (AvgIpc) is 3.11. The molecular weight excluding hydrogens is 298 g/mol. The number of aromatic nitrogens is 1. The van der Waals surface area contributed by atoms with Crippen molar-refractivity contribution >= 4 is 12.3 Å². The van der Waals surface area contributed by atoms with Gasteiger partial charge in [-0.15, -0.1) is 0 Å². The number of carbonyl (C=O) groups excluding carboxylic acids is 2. The van der Waals surface area contributed by atoms with Crippen LogP contribution >= 0.6 is 0 Å². The van der Waals surface area contributed by atoms with Crippen LogP contribution < -0.4 is 4.74 Å². The van der Waals surface area contributed by atoms with E-state index in [4.69, 9.17) is 9.26 Å². The molecule has 0 atom stereocenters. The quantitative estimate of drug-likeness (QED) is 0.794. The van der Waals surface area contributed by atoms with Gasteiger partial charge >= 0.3 is 0 Å². The van der Waals surface area contributed by atoms with Crippen LogP contribution in [-0.2, 0) is 4.79 Å². The first-order valence-corrected chi connectivity index (χ1v) is 7.30. The smallest absolute Gasteiger partial charge is 0.259 e. The molecule has 0 saturated carbocycles. The molecule has 0 spiro atoms. The minimum atomic E-state index is -0.136. The largest absolute Gasteiger partial charge is 0.497 e. The second kappa shape index (κ2) is 6.51. The molecule has 1 aliphatic rings. The zero-order valence-electron chi connectivity index (χ0n) is 12.8. The van der Waals surface area contributed by atoms with Crippen LogP contribution in [0.4, 0.5) is 0 Å². The molecule has 1 fully saturated rings. The molecule has 1 saturated heterocycles. The fourth-order valence-electron chi connectivity index (χ4n) is 2.54. The molecule has 7 nitrogen and oxygen atoms in total. The van der Waals surface area contributed by atoms with Gasteiger partial charge in [-0.2, -0.15) is 0 Å². The summed E-state index contributed by atoms with van der Waals surface area (Å²) in [5, 5.41) is 3.77. The van der Waals surface area contributed by atoms with Crippen molar-refractivity contribution in [3.8, 4) is 17.1 Å². The van der Waals surface area contributed by atoms with Crippen molar-refractivity contribution in [2.24, 2.45) is 0 Å². The Morgan fingerprint density at radius 2 is 1.91 bits per heavy atom. The van der Waals surface area contributed by atoms with E-state index in [-0.39, 0.29) is 5.91 Å². The van der Waals surface area contributed by atoms with E-state index in [9.17, 15) is 9.59 Å². The van der Waals surface area contributed by atoms with Crippen molar-refractivity contribution in [3.63, 3.8) is 0 Å². The molecule has 2 heterocycles. The lowest BCUT2D eigenvalue weighted by Gasteiger charge is -2.32. The number of piperazine rings is 1. The summed E-state index contributed by atoms with van der Waals surface area (Å²) in [6.07, 6.45) is 2.25. The third kappa shape index (κ3) is 3.03. The number of hydrogen-bond donors (Lipinski definition) is 0. The number of hydrogen-bond acceptors (Lipinski definition) is 5. The summed E-state index contributed by atoms with van der Waals surface area (Å²) in [6, 6.07) is 7.24. The van der Waals surface area contributed by atoms with E-state index in [0.29, 0.717) is 37.5 Å². The molecule has 0 aliphatic carbocycles. The van der Waals surface area contributed by atoms with Gasteiger partial charge in [-0.25, -0.2) is 0 Å². The second-order valence-electron chi connectivity index (χ2n) is 5.23. The summed E-state index contributed by atoms with van der Waals surface area (Å²) in [4.78, 5) is 26.8. The lowest BCUT2D eigenvalue weighted by Crippen LogP contribution is -2.48. The fraction of sp³-hybridized carbons (Fsp3) is 0.312. The van der Waals surface area contributed by atoms with Gasteiger partial charge in [-0.1, -0.05) is 5.16 Å². The molecule has 7 heteroatoms. The first-order valence-electron chi connectivity index (χ1n) is 7.30. The molecule has 2 amide bonds. The fourth-order valence-corrected chi connectivity index (χ4v) is 2.54. The second-order valence-corrected chi connectivity index (χ2v) is 5.23. The van der Waals surface area contributed by atoms with Gasteiger partial charge in [0.25, 0.3) is 5.91 Å². The van der Waals surface area contributed by atoms with Gasteiger partial charge < -0.3 is 19.1 Å². The highest BCUT2D eigenvalue weighted by molar-refractivity contribution is 5.99. The van der Waals surface area contributed by atoms with Crippen molar-refractivity contribution in [2.75, 3.05) is 33.3 Å². The summed E-state index contributed by atoms with van der Waals surface area (Å²) in [7, 11) is 1.59.